The van der Waals surface area contributed by atoms with Crippen molar-refractivity contribution in [2.45, 2.75) is 12.2 Å². The van der Waals surface area contributed by atoms with Gasteiger partial charge in [0.1, 0.15) is 0 Å². The summed E-state index contributed by atoms with van der Waals surface area (Å²) in [5.41, 5.74) is 6.22. The third kappa shape index (κ3) is 3.63. The summed E-state index contributed by atoms with van der Waals surface area (Å²) in [5, 5.41) is 3.85. The van der Waals surface area contributed by atoms with Crippen molar-refractivity contribution in [2.75, 3.05) is 0 Å². The van der Waals surface area contributed by atoms with Gasteiger partial charge in [-0.25, -0.2) is 0 Å². The maximum absolute atomic E-state index is 12.6. The molecule has 1 heterocycles. The van der Waals surface area contributed by atoms with Crippen LogP contribution in [0.3, 0.4) is 0 Å². The summed E-state index contributed by atoms with van der Waals surface area (Å²) in [6, 6.07) is 4.31. The van der Waals surface area contributed by atoms with Gasteiger partial charge in [0.15, 0.2) is 0 Å². The molecule has 0 aliphatic carbocycles. The van der Waals surface area contributed by atoms with Gasteiger partial charge >= 0.3 is 6.18 Å². The Morgan fingerprint density at radius 1 is 1.21 bits per heavy atom. The lowest BCUT2D eigenvalue weighted by Crippen LogP contribution is -2.13. The van der Waals surface area contributed by atoms with E-state index in [0.717, 1.165) is 17.7 Å². The number of rotatable bonds is 2. The zero-order chi connectivity index (χ0) is 13.3. The Hall–Kier alpha value is -0.750. The van der Waals surface area contributed by atoms with Crippen molar-refractivity contribution in [3.63, 3.8) is 0 Å². The van der Waals surface area contributed by atoms with Crippen LogP contribution < -0.4 is 5.73 Å². The molecule has 0 bridgehead atoms. The van der Waals surface area contributed by atoms with Gasteiger partial charge in [0.05, 0.1) is 11.6 Å². The van der Waals surface area contributed by atoms with Crippen molar-refractivity contribution < 1.29 is 13.2 Å². The van der Waals surface area contributed by atoms with Gasteiger partial charge < -0.3 is 5.73 Å². The highest BCUT2D eigenvalue weighted by Gasteiger charge is 2.31. The van der Waals surface area contributed by atoms with Crippen LogP contribution in [0.25, 0.3) is 0 Å². The van der Waals surface area contributed by atoms with Crippen LogP contribution in [-0.4, -0.2) is 0 Å². The first-order valence-corrected chi connectivity index (χ1v) is 6.36. The number of alkyl halides is 3. The maximum Gasteiger partial charge on any atom is 0.416 e. The van der Waals surface area contributed by atoms with Crippen LogP contribution in [0.2, 0.25) is 5.02 Å². The molecular formula is C12H10Cl2F3NS. The first-order chi connectivity index (χ1) is 8.39. The number of hydrogen-bond acceptors (Lipinski definition) is 2. The van der Waals surface area contributed by atoms with Crippen molar-refractivity contribution in [3.05, 3.63) is 56.7 Å². The second-order valence-corrected chi connectivity index (χ2v) is 4.96. The molecule has 0 aliphatic heterocycles. The highest BCUT2D eigenvalue weighted by molar-refractivity contribution is 7.08. The largest absolute Gasteiger partial charge is 0.416 e. The fraction of sp³-hybridized carbons (Fsp3) is 0.167. The van der Waals surface area contributed by atoms with Crippen molar-refractivity contribution >= 4 is 35.3 Å². The third-order valence-electron chi connectivity index (χ3n) is 2.56. The van der Waals surface area contributed by atoms with E-state index in [0.29, 0.717) is 0 Å². The summed E-state index contributed by atoms with van der Waals surface area (Å²) in [6.07, 6.45) is -4.40. The van der Waals surface area contributed by atoms with Gasteiger partial charge in [0.25, 0.3) is 0 Å². The van der Waals surface area contributed by atoms with Crippen molar-refractivity contribution in [1.82, 2.24) is 0 Å². The molecule has 0 radical (unpaired) electrons. The minimum absolute atomic E-state index is 0. The van der Waals surface area contributed by atoms with E-state index < -0.39 is 17.8 Å². The van der Waals surface area contributed by atoms with Crippen LogP contribution in [0.15, 0.2) is 35.0 Å². The molecule has 1 atom stereocenters. The summed E-state index contributed by atoms with van der Waals surface area (Å²) in [6.45, 7) is 0. The van der Waals surface area contributed by atoms with Gasteiger partial charge in [0.2, 0.25) is 0 Å². The summed E-state index contributed by atoms with van der Waals surface area (Å²) in [4.78, 5) is 0. The molecule has 0 fully saturated rings. The van der Waals surface area contributed by atoms with E-state index >= 15 is 0 Å². The van der Waals surface area contributed by atoms with E-state index in [-0.39, 0.29) is 23.0 Å². The van der Waals surface area contributed by atoms with E-state index in [4.69, 9.17) is 17.3 Å². The lowest BCUT2D eigenvalue weighted by molar-refractivity contribution is -0.137. The molecule has 104 valence electrons. The molecule has 2 aromatic rings. The molecule has 1 nitrogen and oxygen atoms in total. The lowest BCUT2D eigenvalue weighted by atomic mass is 10.00. The predicted octanol–water partition coefficient (Wildman–Crippen LogP) is 4.89. The predicted molar refractivity (Wildman–Crippen MR) is 74.1 cm³/mol. The quantitative estimate of drug-likeness (QED) is 0.834. The minimum atomic E-state index is -4.40. The second-order valence-electron chi connectivity index (χ2n) is 3.77. The number of halogens is 5. The van der Waals surface area contributed by atoms with Crippen molar-refractivity contribution in [2.24, 2.45) is 5.73 Å². The molecule has 2 rings (SSSR count). The number of benzene rings is 1. The normalized spacial score (nSPS) is 12.9. The molecule has 0 saturated carbocycles. The Labute approximate surface area is 123 Å². The number of nitrogens with two attached hydrogens (primary N) is 1. The van der Waals surface area contributed by atoms with Crippen LogP contribution in [0.1, 0.15) is 22.7 Å². The summed E-state index contributed by atoms with van der Waals surface area (Å²) in [7, 11) is 0. The first kappa shape index (κ1) is 16.3. The van der Waals surface area contributed by atoms with E-state index in [1.165, 1.54) is 17.4 Å². The Morgan fingerprint density at radius 2 is 1.89 bits per heavy atom. The molecule has 19 heavy (non-hydrogen) atoms. The Bertz CT molecular complexity index is 540. The highest BCUT2D eigenvalue weighted by atomic mass is 35.5. The van der Waals surface area contributed by atoms with Crippen LogP contribution in [0.5, 0.6) is 0 Å². The van der Waals surface area contributed by atoms with Gasteiger partial charge in [0, 0.05) is 5.02 Å². The second kappa shape index (κ2) is 6.13. The molecule has 2 N–H and O–H groups in total. The van der Waals surface area contributed by atoms with Crippen molar-refractivity contribution in [3.8, 4) is 0 Å². The van der Waals surface area contributed by atoms with Crippen LogP contribution in [-0.2, 0) is 6.18 Å². The van der Waals surface area contributed by atoms with Crippen molar-refractivity contribution in [1.29, 1.82) is 0 Å². The van der Waals surface area contributed by atoms with E-state index in [9.17, 15) is 13.2 Å². The molecule has 7 heteroatoms. The van der Waals surface area contributed by atoms with Gasteiger partial charge in [-0.2, -0.15) is 24.5 Å². The molecule has 0 unspecified atom stereocenters. The van der Waals surface area contributed by atoms with Gasteiger partial charge in [-0.3, -0.25) is 0 Å². The topological polar surface area (TPSA) is 26.0 Å². The Balaban J connectivity index is 0.00000180. The van der Waals surface area contributed by atoms with Crippen LogP contribution >= 0.6 is 35.3 Å². The highest BCUT2D eigenvalue weighted by Crippen LogP contribution is 2.35. The third-order valence-corrected chi connectivity index (χ3v) is 3.61. The molecule has 1 aromatic carbocycles. The zero-order valence-corrected chi connectivity index (χ0v) is 11.8. The standard InChI is InChI=1S/C12H9ClF3NS.ClH/c13-10-2-1-8(12(14,15)16)5-9(10)11(17)7-3-4-18-6-7;/h1-6,11H,17H2;1H/t11-;/m0./s1. The van der Waals surface area contributed by atoms with Gasteiger partial charge in [-0.05, 0) is 46.2 Å². The molecule has 0 aliphatic rings. The fourth-order valence-electron chi connectivity index (χ4n) is 1.59. The number of thiophene rings is 1. The number of hydrogen-bond donors (Lipinski definition) is 1. The van der Waals surface area contributed by atoms with E-state index in [1.807, 2.05) is 5.38 Å². The Morgan fingerprint density at radius 3 is 2.42 bits per heavy atom. The van der Waals surface area contributed by atoms with Gasteiger partial charge in [-0.1, -0.05) is 11.6 Å². The Kier molecular flexibility index (Phi) is 5.26. The van der Waals surface area contributed by atoms with Crippen LogP contribution in [0.4, 0.5) is 13.2 Å². The first-order valence-electron chi connectivity index (χ1n) is 5.04. The molecular weight excluding hydrogens is 318 g/mol. The summed E-state index contributed by atoms with van der Waals surface area (Å²) < 4.78 is 37.9. The molecule has 0 amide bonds. The smallest absolute Gasteiger partial charge is 0.320 e. The van der Waals surface area contributed by atoms with Crippen LogP contribution in [0, 0.1) is 0 Å². The monoisotopic (exact) mass is 327 g/mol. The molecule has 0 spiro atoms. The summed E-state index contributed by atoms with van der Waals surface area (Å²) in [5.74, 6) is 0. The molecule has 1 aromatic heterocycles. The zero-order valence-electron chi connectivity index (χ0n) is 9.45. The lowest BCUT2D eigenvalue weighted by Gasteiger charge is -2.15. The maximum atomic E-state index is 12.6. The average Bonchev–Trinajstić information content (AvgIpc) is 2.80. The minimum Gasteiger partial charge on any atom is -0.320 e. The van der Waals surface area contributed by atoms with E-state index in [1.54, 1.807) is 11.4 Å². The van der Waals surface area contributed by atoms with Gasteiger partial charge in [-0.15, -0.1) is 12.4 Å². The van der Waals surface area contributed by atoms with E-state index in [2.05, 4.69) is 0 Å². The summed E-state index contributed by atoms with van der Waals surface area (Å²) >= 11 is 7.35. The molecule has 0 saturated heterocycles. The fourth-order valence-corrected chi connectivity index (χ4v) is 2.52. The SMILES string of the molecule is Cl.N[C@@H](c1ccsc1)c1cc(C(F)(F)F)ccc1Cl. The average molecular weight is 328 g/mol.